The molecule has 4 heterocycles. The lowest BCUT2D eigenvalue weighted by Gasteiger charge is -2.47. The molecule has 0 bridgehead atoms. The number of carbonyl (C=O) groups excluding carboxylic acids is 1. The number of carbonyl (C=O) groups is 1. The van der Waals surface area contributed by atoms with Crippen LogP contribution >= 0.6 is 0 Å². The molecule has 1 spiro atoms. The van der Waals surface area contributed by atoms with Crippen LogP contribution in [0.15, 0.2) is 48.7 Å². The minimum absolute atomic E-state index is 0.123. The van der Waals surface area contributed by atoms with Gasteiger partial charge in [0, 0.05) is 52.8 Å². The van der Waals surface area contributed by atoms with Crippen molar-refractivity contribution in [2.75, 3.05) is 40.0 Å². The minimum atomic E-state index is 0.123. The Kier molecular flexibility index (Phi) is 6.12. The number of fused-ring (bicyclic) bond motifs is 2. The van der Waals surface area contributed by atoms with Crippen LogP contribution < -0.4 is 14.2 Å². The Labute approximate surface area is 215 Å². The van der Waals surface area contributed by atoms with Gasteiger partial charge in [-0.15, -0.1) is 0 Å². The number of hydrogen-bond donors (Lipinski definition) is 1. The first-order valence-corrected chi connectivity index (χ1v) is 12.7. The molecule has 4 aromatic rings. The number of nitrogens with one attached hydrogen (secondary N) is 1. The van der Waals surface area contributed by atoms with Gasteiger partial charge in [0.2, 0.25) is 5.91 Å². The lowest BCUT2D eigenvalue weighted by Crippen LogP contribution is -2.52. The molecule has 6 rings (SSSR count). The molecule has 2 fully saturated rings. The summed E-state index contributed by atoms with van der Waals surface area (Å²) in [6.45, 7) is 5.57. The number of methoxy groups -OCH3 is 1. The predicted molar refractivity (Wildman–Crippen MR) is 141 cm³/mol. The summed E-state index contributed by atoms with van der Waals surface area (Å²) < 4.78 is 23.2. The zero-order chi connectivity index (χ0) is 25.4. The van der Waals surface area contributed by atoms with Crippen molar-refractivity contribution in [3.8, 4) is 23.0 Å². The summed E-state index contributed by atoms with van der Waals surface area (Å²) in [5, 5.41) is 1.91. The lowest BCUT2D eigenvalue weighted by molar-refractivity contribution is -0.153. The van der Waals surface area contributed by atoms with E-state index in [1.807, 2.05) is 48.2 Å². The molecule has 2 aliphatic heterocycles. The molecule has 2 saturated heterocycles. The maximum Gasteiger partial charge on any atom is 0.225 e. The van der Waals surface area contributed by atoms with Crippen molar-refractivity contribution in [3.63, 3.8) is 0 Å². The molecule has 2 aromatic carbocycles. The fourth-order valence-electron chi connectivity index (χ4n) is 5.25. The topological polar surface area (TPSA) is 85.9 Å². The van der Waals surface area contributed by atoms with Crippen LogP contribution in [-0.4, -0.2) is 60.8 Å². The Morgan fingerprint density at radius 2 is 1.92 bits per heavy atom. The summed E-state index contributed by atoms with van der Waals surface area (Å²) in [6.07, 6.45) is 4.08. The molecule has 192 valence electrons. The molecule has 37 heavy (non-hydrogen) atoms. The number of hydrogen-bond acceptors (Lipinski definition) is 6. The van der Waals surface area contributed by atoms with E-state index in [9.17, 15) is 4.79 Å². The average Bonchev–Trinajstić information content (AvgIpc) is 3.27. The molecular formula is C29H31N3O5. The Morgan fingerprint density at radius 1 is 1.08 bits per heavy atom. The number of likely N-dealkylation sites (tertiary alicyclic amines) is 1. The van der Waals surface area contributed by atoms with Gasteiger partial charge in [0.05, 0.1) is 38.9 Å². The Hall–Kier alpha value is -3.78. The smallest absolute Gasteiger partial charge is 0.225 e. The van der Waals surface area contributed by atoms with Crippen LogP contribution in [0.5, 0.6) is 23.0 Å². The van der Waals surface area contributed by atoms with Crippen molar-refractivity contribution in [1.29, 1.82) is 0 Å². The highest BCUT2D eigenvalue weighted by Crippen LogP contribution is 2.39. The monoisotopic (exact) mass is 501 g/mol. The maximum atomic E-state index is 12.7. The van der Waals surface area contributed by atoms with Gasteiger partial charge in [-0.3, -0.25) is 9.78 Å². The van der Waals surface area contributed by atoms with E-state index in [1.54, 1.807) is 13.3 Å². The number of H-pyrrole nitrogens is 1. The summed E-state index contributed by atoms with van der Waals surface area (Å²) in [6, 6.07) is 13.6. The molecular weight excluding hydrogens is 470 g/mol. The SMILES string of the molecule is COc1cc2c(Oc3ccc4[nH]c(C)cc4c3)ccnc2cc1OCCC(=O)N1CCC2(CC1)COC2. The fourth-order valence-corrected chi connectivity index (χ4v) is 5.25. The van der Waals surface area contributed by atoms with Gasteiger partial charge in [0.15, 0.2) is 11.5 Å². The highest BCUT2D eigenvalue weighted by atomic mass is 16.5. The average molecular weight is 502 g/mol. The molecule has 0 radical (unpaired) electrons. The zero-order valence-corrected chi connectivity index (χ0v) is 21.2. The number of aromatic amines is 1. The van der Waals surface area contributed by atoms with Crippen LogP contribution in [0.25, 0.3) is 21.8 Å². The van der Waals surface area contributed by atoms with Crippen LogP contribution in [0, 0.1) is 12.3 Å². The van der Waals surface area contributed by atoms with Gasteiger partial charge in [-0.05, 0) is 56.2 Å². The second-order valence-corrected chi connectivity index (χ2v) is 10.1. The number of nitrogens with zero attached hydrogens (tertiary/aromatic N) is 2. The van der Waals surface area contributed by atoms with Gasteiger partial charge in [0.25, 0.3) is 0 Å². The van der Waals surface area contributed by atoms with Crippen LogP contribution in [0.4, 0.5) is 0 Å². The molecule has 8 heteroatoms. The van der Waals surface area contributed by atoms with E-state index in [2.05, 4.69) is 16.0 Å². The number of aryl methyl sites for hydroxylation is 1. The summed E-state index contributed by atoms with van der Waals surface area (Å²) in [5.41, 5.74) is 3.22. The third-order valence-corrected chi connectivity index (χ3v) is 7.51. The summed E-state index contributed by atoms with van der Waals surface area (Å²) in [5.74, 6) is 2.67. The van der Waals surface area contributed by atoms with E-state index in [-0.39, 0.29) is 12.5 Å². The van der Waals surface area contributed by atoms with Crippen molar-refractivity contribution in [2.45, 2.75) is 26.2 Å². The van der Waals surface area contributed by atoms with Gasteiger partial charge in [-0.1, -0.05) is 0 Å². The Balaban J connectivity index is 1.14. The zero-order valence-electron chi connectivity index (χ0n) is 21.2. The molecule has 2 aromatic heterocycles. The second kappa shape index (κ2) is 9.59. The Morgan fingerprint density at radius 3 is 2.68 bits per heavy atom. The van der Waals surface area contributed by atoms with Gasteiger partial charge >= 0.3 is 0 Å². The van der Waals surface area contributed by atoms with Crippen LogP contribution in [0.2, 0.25) is 0 Å². The molecule has 1 N–H and O–H groups in total. The largest absolute Gasteiger partial charge is 0.493 e. The molecule has 2 aliphatic rings. The van der Waals surface area contributed by atoms with Crippen LogP contribution in [0.3, 0.4) is 0 Å². The van der Waals surface area contributed by atoms with Crippen LogP contribution in [-0.2, 0) is 9.53 Å². The molecule has 0 atom stereocenters. The number of pyridine rings is 1. The van der Waals surface area contributed by atoms with Crippen molar-refractivity contribution < 1.29 is 23.7 Å². The first kappa shape index (κ1) is 23.6. The highest BCUT2D eigenvalue weighted by Gasteiger charge is 2.41. The molecule has 1 amide bonds. The number of ether oxygens (including phenoxy) is 4. The van der Waals surface area contributed by atoms with Gasteiger partial charge in [0.1, 0.15) is 11.5 Å². The summed E-state index contributed by atoms with van der Waals surface area (Å²) >= 11 is 0. The van der Waals surface area contributed by atoms with E-state index in [1.165, 1.54) is 0 Å². The second-order valence-electron chi connectivity index (χ2n) is 10.1. The third kappa shape index (κ3) is 4.69. The van der Waals surface area contributed by atoms with E-state index in [0.717, 1.165) is 72.4 Å². The highest BCUT2D eigenvalue weighted by molar-refractivity contribution is 5.89. The van der Waals surface area contributed by atoms with Crippen molar-refractivity contribution in [3.05, 3.63) is 54.4 Å². The van der Waals surface area contributed by atoms with Gasteiger partial charge in [-0.25, -0.2) is 0 Å². The first-order chi connectivity index (χ1) is 18.0. The maximum absolute atomic E-state index is 12.7. The molecule has 0 unspecified atom stereocenters. The molecule has 0 aliphatic carbocycles. The van der Waals surface area contributed by atoms with Crippen LogP contribution in [0.1, 0.15) is 25.0 Å². The van der Waals surface area contributed by atoms with Gasteiger partial charge < -0.3 is 28.8 Å². The fraction of sp³-hybridized carbons (Fsp3) is 0.379. The van der Waals surface area contributed by atoms with E-state index in [0.29, 0.717) is 29.1 Å². The lowest BCUT2D eigenvalue weighted by atomic mass is 9.77. The number of rotatable bonds is 7. The standard InChI is InChI=1S/C29H31N3O5/c1-19-13-20-14-21(3-4-23(20)31-19)37-25-5-9-30-24-16-27(26(34-2)15-22(24)25)36-12-6-28(33)32-10-7-29(8-11-32)17-35-18-29/h3-5,9,13-16,31H,6-8,10-12,17-18H2,1-2H3. The van der Waals surface area contributed by atoms with E-state index >= 15 is 0 Å². The minimum Gasteiger partial charge on any atom is -0.493 e. The van der Waals surface area contributed by atoms with Gasteiger partial charge in [-0.2, -0.15) is 0 Å². The summed E-state index contributed by atoms with van der Waals surface area (Å²) in [7, 11) is 1.60. The number of amides is 1. The van der Waals surface area contributed by atoms with Crippen molar-refractivity contribution in [1.82, 2.24) is 14.9 Å². The van der Waals surface area contributed by atoms with E-state index < -0.39 is 0 Å². The van der Waals surface area contributed by atoms with Crippen molar-refractivity contribution in [2.24, 2.45) is 5.41 Å². The number of benzene rings is 2. The molecule has 0 saturated carbocycles. The quantitative estimate of drug-likeness (QED) is 0.373. The van der Waals surface area contributed by atoms with E-state index in [4.69, 9.17) is 18.9 Å². The molecule has 8 nitrogen and oxygen atoms in total. The third-order valence-electron chi connectivity index (χ3n) is 7.51. The first-order valence-electron chi connectivity index (χ1n) is 12.7. The predicted octanol–water partition coefficient (Wildman–Crippen LogP) is 5.23. The summed E-state index contributed by atoms with van der Waals surface area (Å²) in [4.78, 5) is 22.5. The number of aromatic nitrogens is 2. The Bertz CT molecular complexity index is 1450. The normalized spacial score (nSPS) is 16.6. The van der Waals surface area contributed by atoms with Crippen molar-refractivity contribution >= 4 is 27.7 Å². The number of piperidine rings is 1.